The van der Waals surface area contributed by atoms with Gasteiger partial charge in [0.2, 0.25) is 17.7 Å². The molecule has 3 amide bonds. The molecule has 0 aromatic heterocycles. The molecule has 1 saturated heterocycles. The van der Waals surface area contributed by atoms with E-state index < -0.39 is 11.1 Å². The molecule has 2 aromatic rings. The molecule has 1 fully saturated rings. The zero-order valence-corrected chi connectivity index (χ0v) is 15.0. The van der Waals surface area contributed by atoms with Crippen LogP contribution in [-0.2, 0) is 14.4 Å². The minimum absolute atomic E-state index is 0.0192. The third kappa shape index (κ3) is 4.23. The summed E-state index contributed by atoms with van der Waals surface area (Å²) in [5, 5.41) is 2.44. The molecule has 134 valence electrons. The highest BCUT2D eigenvalue weighted by Crippen LogP contribution is 2.30. The summed E-state index contributed by atoms with van der Waals surface area (Å²) in [7, 11) is 0. The van der Waals surface area contributed by atoms with E-state index >= 15 is 0 Å². The van der Waals surface area contributed by atoms with E-state index in [1.165, 1.54) is 18.2 Å². The number of hydrogen-bond acceptors (Lipinski definition) is 4. The molecule has 0 saturated carbocycles. The van der Waals surface area contributed by atoms with Crippen LogP contribution in [0.3, 0.4) is 0 Å². The number of nitrogens with zero attached hydrogens (tertiary/aromatic N) is 1. The van der Waals surface area contributed by atoms with Crippen molar-refractivity contribution in [3.05, 3.63) is 59.4 Å². The largest absolute Gasteiger partial charge is 0.325 e. The standard InChI is InChI=1S/C18H14ClFN2O3S/c19-11-4-6-14(7-5-11)22-17(24)9-15(18(22)25)26-10-16(23)21-13-3-1-2-12(20)8-13/h1-8,15H,9-10H2,(H,21,23)/t15-/m1/s1. The zero-order valence-electron chi connectivity index (χ0n) is 13.4. The lowest BCUT2D eigenvalue weighted by molar-refractivity contribution is -0.121. The Hall–Kier alpha value is -2.38. The van der Waals surface area contributed by atoms with Crippen LogP contribution in [0.4, 0.5) is 15.8 Å². The number of benzene rings is 2. The molecule has 1 heterocycles. The Morgan fingerprint density at radius 2 is 1.96 bits per heavy atom. The van der Waals surface area contributed by atoms with E-state index in [-0.39, 0.29) is 29.9 Å². The first-order chi connectivity index (χ1) is 12.4. The van der Waals surface area contributed by atoms with Crippen LogP contribution in [0, 0.1) is 5.82 Å². The summed E-state index contributed by atoms with van der Waals surface area (Å²) in [6.07, 6.45) is 0.0272. The number of nitrogens with one attached hydrogen (secondary N) is 1. The van der Waals surface area contributed by atoms with Gasteiger partial charge < -0.3 is 5.32 Å². The molecular formula is C18H14ClFN2O3S. The Balaban J connectivity index is 1.59. The van der Waals surface area contributed by atoms with Crippen LogP contribution in [0.25, 0.3) is 0 Å². The molecule has 26 heavy (non-hydrogen) atoms. The maximum absolute atomic E-state index is 13.1. The second-order valence-corrected chi connectivity index (χ2v) is 7.23. The van der Waals surface area contributed by atoms with Gasteiger partial charge in [-0.3, -0.25) is 14.4 Å². The number of amides is 3. The molecule has 1 N–H and O–H groups in total. The van der Waals surface area contributed by atoms with Crippen molar-refractivity contribution in [2.24, 2.45) is 0 Å². The van der Waals surface area contributed by atoms with Gasteiger partial charge in [-0.2, -0.15) is 0 Å². The number of rotatable bonds is 5. The first-order valence-corrected chi connectivity index (χ1v) is 9.16. The van der Waals surface area contributed by atoms with E-state index in [2.05, 4.69) is 5.32 Å². The van der Waals surface area contributed by atoms with E-state index in [9.17, 15) is 18.8 Å². The lowest BCUT2D eigenvalue weighted by Crippen LogP contribution is -2.31. The van der Waals surface area contributed by atoms with E-state index in [1.54, 1.807) is 30.3 Å². The van der Waals surface area contributed by atoms with Crippen LogP contribution >= 0.6 is 23.4 Å². The molecule has 0 aliphatic carbocycles. The SMILES string of the molecule is O=C(CS[C@@H]1CC(=O)N(c2ccc(Cl)cc2)C1=O)Nc1cccc(F)c1. The molecule has 2 aromatic carbocycles. The summed E-state index contributed by atoms with van der Waals surface area (Å²) in [6.45, 7) is 0. The molecule has 0 spiro atoms. The first-order valence-electron chi connectivity index (χ1n) is 7.73. The van der Waals surface area contributed by atoms with Gasteiger partial charge in [-0.05, 0) is 42.5 Å². The quantitative estimate of drug-likeness (QED) is 0.791. The Morgan fingerprint density at radius 3 is 2.65 bits per heavy atom. The average Bonchev–Trinajstić information content (AvgIpc) is 2.88. The Morgan fingerprint density at radius 1 is 1.23 bits per heavy atom. The van der Waals surface area contributed by atoms with Gasteiger partial charge in [0.1, 0.15) is 5.82 Å². The van der Waals surface area contributed by atoms with Gasteiger partial charge in [0.25, 0.3) is 0 Å². The Labute approximate surface area is 158 Å². The molecule has 8 heteroatoms. The lowest BCUT2D eigenvalue weighted by Gasteiger charge is -2.15. The summed E-state index contributed by atoms with van der Waals surface area (Å²) in [5.41, 5.74) is 0.795. The molecular weight excluding hydrogens is 379 g/mol. The number of anilines is 2. The smallest absolute Gasteiger partial charge is 0.247 e. The molecule has 1 atom stereocenters. The Bertz CT molecular complexity index is 860. The lowest BCUT2D eigenvalue weighted by atomic mass is 10.3. The van der Waals surface area contributed by atoms with Crippen LogP contribution < -0.4 is 10.2 Å². The van der Waals surface area contributed by atoms with Crippen molar-refractivity contribution in [2.45, 2.75) is 11.7 Å². The molecule has 5 nitrogen and oxygen atoms in total. The second kappa shape index (κ2) is 7.88. The van der Waals surface area contributed by atoms with Crippen molar-refractivity contribution in [3.63, 3.8) is 0 Å². The fraction of sp³-hybridized carbons (Fsp3) is 0.167. The molecule has 0 radical (unpaired) electrons. The van der Waals surface area contributed by atoms with Crippen molar-refractivity contribution in [2.75, 3.05) is 16.0 Å². The van der Waals surface area contributed by atoms with Crippen LogP contribution in [0.2, 0.25) is 5.02 Å². The van der Waals surface area contributed by atoms with Gasteiger partial charge in [0.15, 0.2) is 0 Å². The van der Waals surface area contributed by atoms with Crippen molar-refractivity contribution < 1.29 is 18.8 Å². The van der Waals surface area contributed by atoms with E-state index in [4.69, 9.17) is 11.6 Å². The summed E-state index contributed by atoms with van der Waals surface area (Å²) < 4.78 is 13.1. The summed E-state index contributed by atoms with van der Waals surface area (Å²) in [5.74, 6) is -1.52. The van der Waals surface area contributed by atoms with Gasteiger partial charge >= 0.3 is 0 Å². The van der Waals surface area contributed by atoms with Crippen LogP contribution in [0.5, 0.6) is 0 Å². The highest BCUT2D eigenvalue weighted by molar-refractivity contribution is 8.01. The average molecular weight is 393 g/mol. The Kier molecular flexibility index (Phi) is 5.58. The van der Waals surface area contributed by atoms with Gasteiger partial charge in [0, 0.05) is 17.1 Å². The normalized spacial score (nSPS) is 16.8. The molecule has 0 unspecified atom stereocenters. The van der Waals surface area contributed by atoms with E-state index in [0.29, 0.717) is 16.4 Å². The molecule has 3 rings (SSSR count). The topological polar surface area (TPSA) is 66.5 Å². The van der Waals surface area contributed by atoms with Gasteiger partial charge in [0.05, 0.1) is 16.7 Å². The van der Waals surface area contributed by atoms with Crippen LogP contribution in [0.15, 0.2) is 48.5 Å². The third-order valence-corrected chi connectivity index (χ3v) is 5.17. The predicted molar refractivity (Wildman–Crippen MR) is 99.8 cm³/mol. The summed E-state index contributed by atoms with van der Waals surface area (Å²) in [4.78, 5) is 37.7. The van der Waals surface area contributed by atoms with Crippen molar-refractivity contribution >= 4 is 52.5 Å². The summed E-state index contributed by atoms with van der Waals surface area (Å²) >= 11 is 6.91. The van der Waals surface area contributed by atoms with Crippen molar-refractivity contribution in [1.82, 2.24) is 0 Å². The highest BCUT2D eigenvalue weighted by atomic mass is 35.5. The third-order valence-electron chi connectivity index (χ3n) is 3.71. The number of thioether (sulfide) groups is 1. The van der Waals surface area contributed by atoms with E-state index in [1.807, 2.05) is 0 Å². The fourth-order valence-corrected chi connectivity index (χ4v) is 3.59. The number of carbonyl (C=O) groups excluding carboxylic acids is 3. The minimum atomic E-state index is -0.628. The second-order valence-electron chi connectivity index (χ2n) is 5.61. The van der Waals surface area contributed by atoms with Gasteiger partial charge in [-0.1, -0.05) is 17.7 Å². The number of halogens is 2. The molecule has 1 aliphatic heterocycles. The van der Waals surface area contributed by atoms with E-state index in [0.717, 1.165) is 16.7 Å². The maximum Gasteiger partial charge on any atom is 0.247 e. The minimum Gasteiger partial charge on any atom is -0.325 e. The number of imide groups is 1. The fourth-order valence-electron chi connectivity index (χ4n) is 2.54. The van der Waals surface area contributed by atoms with Gasteiger partial charge in [-0.25, -0.2) is 9.29 Å². The number of carbonyl (C=O) groups is 3. The maximum atomic E-state index is 13.1. The van der Waals surface area contributed by atoms with Gasteiger partial charge in [-0.15, -0.1) is 11.8 Å². The van der Waals surface area contributed by atoms with Crippen molar-refractivity contribution in [3.8, 4) is 0 Å². The van der Waals surface area contributed by atoms with Crippen molar-refractivity contribution in [1.29, 1.82) is 0 Å². The molecule has 0 bridgehead atoms. The number of hydrogen-bond donors (Lipinski definition) is 1. The zero-order chi connectivity index (χ0) is 18.7. The molecule has 1 aliphatic rings. The van der Waals surface area contributed by atoms with Crippen LogP contribution in [0.1, 0.15) is 6.42 Å². The highest BCUT2D eigenvalue weighted by Gasteiger charge is 2.40. The summed E-state index contributed by atoms with van der Waals surface area (Å²) in [6, 6.07) is 11.9. The van der Waals surface area contributed by atoms with Crippen LogP contribution in [-0.4, -0.2) is 28.7 Å². The predicted octanol–water partition coefficient (Wildman–Crippen LogP) is 3.48. The first kappa shape index (κ1) is 18.4. The monoisotopic (exact) mass is 392 g/mol.